The first kappa shape index (κ1) is 104. The predicted molar refractivity (Wildman–Crippen MR) is 535 cm³/mol. The minimum absolute atomic E-state index is 0. The van der Waals surface area contributed by atoms with E-state index in [1.165, 1.54) is 11.1 Å². The number of esters is 1. The van der Waals surface area contributed by atoms with Crippen molar-refractivity contribution < 1.29 is 70.9 Å². The first-order valence-electron chi connectivity index (χ1n) is 44.3. The second kappa shape index (κ2) is 47.8. The number of hydrazone groups is 1. The molecule has 1 aliphatic carbocycles. The standard InChI is InChI=1S/C37H39N5O2.C28H30N2O3.C26H28N4O2.C11H13NO.2C2H6O.ClH.H4N2.H2O/c1-7-38-32-22-34-30(20-24(32)3)37(31-21-25(4)33(39-8-2)23-35(31)44-34)29-14-10-9-13-28(29)36(43)42(37)40-19-11-12-26-15-17-27(18-16-26)41(5)6;1-6-29-23-15-25-21(13-17(23)4)27(19-11-9-10-12-20(19)28(31)32-8-3)22-14-18(5)24(30-7-2)16-26(22)33-25;1-5-28-21-13-23-19(11-15(21)3)26(18-10-8-7-9-17(18)25(31)30(26)27)20-12-16(4)22(29-6-2)14-24(20)32-23;1-12(2)11-7-5-10(6-8-11)4-3-9-13;2*1-2-3;;1-2;/h9-23,38-39H,7-8H2,1-6H3;9-16,29H,6-8H2,1-5H3;7-14,28-29H,5-6,27H2,1-4H3;3-9H,1-2H3;2*3H,2H2,1H3;1H;1-2H2;1H2/b12-11+,40-19+;;;4-3+;;;;;. The Labute approximate surface area is 782 Å². The summed E-state index contributed by atoms with van der Waals surface area (Å²) in [7, 11) is 8.04. The minimum atomic E-state index is -1.01. The third-order valence-corrected chi connectivity index (χ3v) is 22.5. The van der Waals surface area contributed by atoms with Gasteiger partial charge in [0.1, 0.15) is 58.3 Å². The third-order valence-electron chi connectivity index (χ3n) is 22.5. The topological polar surface area (TPSA) is 359 Å². The van der Waals surface area contributed by atoms with Gasteiger partial charge < -0.3 is 83.1 Å². The lowest BCUT2D eigenvalue weighted by Crippen LogP contribution is -3.00. The fourth-order valence-electron chi connectivity index (χ4n) is 16.8. The lowest BCUT2D eigenvalue weighted by molar-refractivity contribution is -0.496. The van der Waals surface area contributed by atoms with Crippen LogP contribution in [0.1, 0.15) is 171 Å². The number of fused-ring (bicyclic) bond motifs is 14. The highest BCUT2D eigenvalue weighted by molar-refractivity contribution is 6.09. The highest BCUT2D eigenvalue weighted by atomic mass is 35.5. The number of halogens is 1. The number of aryl methyl sites for hydroxylation is 6. The molecule has 2 spiro atoms. The summed E-state index contributed by atoms with van der Waals surface area (Å²) in [6.45, 7) is 35.7. The number of amides is 2. The van der Waals surface area contributed by atoms with Crippen LogP contribution in [-0.2, 0) is 20.6 Å². The molecule has 696 valence electrons. The van der Waals surface area contributed by atoms with E-state index < -0.39 is 11.1 Å². The van der Waals surface area contributed by atoms with Gasteiger partial charge in [-0.25, -0.2) is 20.6 Å². The van der Waals surface area contributed by atoms with Crippen LogP contribution in [0, 0.1) is 41.5 Å². The third kappa shape index (κ3) is 21.7. The number of hydrazine groups is 2. The first-order chi connectivity index (χ1) is 62.8. The molecule has 10 aromatic rings. The van der Waals surface area contributed by atoms with Gasteiger partial charge in [-0.3, -0.25) is 31.1 Å². The van der Waals surface area contributed by atoms with E-state index >= 15 is 0 Å². The Morgan fingerprint density at radius 1 is 0.485 bits per heavy atom. The molecule has 6 aliphatic rings. The summed E-state index contributed by atoms with van der Waals surface area (Å²) in [4.78, 5) is 58.1. The van der Waals surface area contributed by atoms with Crippen LogP contribution in [0.2, 0.25) is 0 Å². The number of carbonyl (C=O) groups is 4. The molecule has 0 bridgehead atoms. The van der Waals surface area contributed by atoms with Crippen molar-refractivity contribution in [2.24, 2.45) is 22.6 Å². The van der Waals surface area contributed by atoms with Crippen molar-refractivity contribution in [3.63, 3.8) is 0 Å². The quantitative estimate of drug-likeness (QED) is 0.00465. The van der Waals surface area contributed by atoms with Crippen molar-refractivity contribution in [2.45, 2.75) is 115 Å². The van der Waals surface area contributed by atoms with Crippen LogP contribution >= 0.6 is 0 Å². The number of hydrogen-bond acceptors (Lipinski definition) is 21. The van der Waals surface area contributed by atoms with Crippen molar-refractivity contribution in [3.8, 4) is 45.4 Å². The van der Waals surface area contributed by atoms with Gasteiger partial charge in [-0.1, -0.05) is 91.0 Å². The van der Waals surface area contributed by atoms with E-state index in [1.807, 2.05) is 161 Å². The number of ether oxygens (including phenoxy) is 3. The number of aliphatic hydroxyl groups is 2. The summed E-state index contributed by atoms with van der Waals surface area (Å²) >= 11 is 0. The van der Waals surface area contributed by atoms with Gasteiger partial charge >= 0.3 is 5.97 Å². The second-order valence-corrected chi connectivity index (χ2v) is 31.6. The number of nitrogens with two attached hydrogens (primary N) is 3. The van der Waals surface area contributed by atoms with Gasteiger partial charge in [0, 0.05) is 217 Å². The molecular weight excluding hydrogens is 1680 g/mol. The maximum Gasteiger partial charge on any atom is 0.338 e. The number of anilines is 7. The highest BCUT2D eigenvalue weighted by Gasteiger charge is 2.58. The Hall–Kier alpha value is -13.6. The zero-order chi connectivity index (χ0) is 94.3. The van der Waals surface area contributed by atoms with E-state index in [1.54, 1.807) is 31.1 Å². The van der Waals surface area contributed by atoms with Gasteiger partial charge in [0.15, 0.2) is 0 Å². The Bertz CT molecular complexity index is 6020. The lowest BCUT2D eigenvalue weighted by Gasteiger charge is -2.42. The number of nitrogens with one attached hydrogen (secondary N) is 6. The maximum absolute atomic E-state index is 14.3. The number of benzene rings is 11. The molecule has 0 fully saturated rings. The molecule has 26 heteroatoms. The van der Waals surface area contributed by atoms with Gasteiger partial charge in [0.2, 0.25) is 5.36 Å². The van der Waals surface area contributed by atoms with Crippen LogP contribution in [0.4, 0.5) is 39.8 Å². The molecule has 0 unspecified atom stereocenters. The summed E-state index contributed by atoms with van der Waals surface area (Å²) in [5.74, 6) is 17.6. The number of rotatable bonds is 21. The van der Waals surface area contributed by atoms with Gasteiger partial charge in [-0.15, -0.1) is 0 Å². The molecule has 0 aromatic heterocycles. The number of hydrogen-bond donors (Lipinski definition) is 11. The number of allylic oxidation sites excluding steroid dienone is 2. The summed E-state index contributed by atoms with van der Waals surface area (Å²) < 4.78 is 25.0. The molecule has 0 saturated heterocycles. The van der Waals surface area contributed by atoms with Gasteiger partial charge in [0.25, 0.3) is 11.8 Å². The van der Waals surface area contributed by atoms with Crippen LogP contribution in [0.25, 0.3) is 45.6 Å². The van der Waals surface area contributed by atoms with E-state index in [-0.39, 0.29) is 48.9 Å². The molecule has 0 saturated carbocycles. The van der Waals surface area contributed by atoms with Crippen LogP contribution in [0.3, 0.4) is 0 Å². The average Bonchev–Trinajstić information content (AvgIpc) is 1.47. The minimum Gasteiger partial charge on any atom is -1.00 e. The predicted octanol–water partition coefficient (Wildman–Crippen LogP) is 14.1. The molecule has 5 heterocycles. The lowest BCUT2D eigenvalue weighted by atomic mass is 9.74. The van der Waals surface area contributed by atoms with Crippen molar-refractivity contribution in [1.29, 1.82) is 0 Å². The number of aldehydes is 1. The summed E-state index contributed by atoms with van der Waals surface area (Å²) in [6, 6.07) is 64.5. The first-order valence-corrected chi connectivity index (χ1v) is 44.3. The van der Waals surface area contributed by atoms with Gasteiger partial charge in [-0.2, -0.15) is 5.10 Å². The van der Waals surface area contributed by atoms with Gasteiger partial charge in [-0.05, 0) is 239 Å². The average molecular weight is 1810 g/mol. The zero-order valence-corrected chi connectivity index (χ0v) is 80.1. The summed E-state index contributed by atoms with van der Waals surface area (Å²) in [5.41, 5.74) is 24.6. The van der Waals surface area contributed by atoms with E-state index in [0.717, 1.165) is 202 Å². The van der Waals surface area contributed by atoms with Crippen molar-refractivity contribution >= 4 is 93.2 Å². The fourth-order valence-corrected chi connectivity index (χ4v) is 16.8. The van der Waals surface area contributed by atoms with Crippen molar-refractivity contribution in [3.05, 3.63) is 306 Å². The second-order valence-electron chi connectivity index (χ2n) is 31.6. The summed E-state index contributed by atoms with van der Waals surface area (Å²) in [6.07, 6.45) is 9.64. The normalized spacial score (nSPS) is 12.8. The molecule has 10 aromatic carbocycles. The van der Waals surface area contributed by atoms with E-state index in [0.29, 0.717) is 46.3 Å². The molecule has 2 amide bonds. The SMILES string of the molecule is CCNc1cc2c(cc1C)C1(c3cc(C)c(NCC)cc3O2)c2ccccc2C(=O)N1/N=C/C=C/c1ccc(N(C)C)cc1.CCNc1cc2c(cc1C)C1(c3cc(C)c(NCC)cc3O2)c2ccccc2C(=O)N1N.CCNc1cc2oc3cc(=[NH+]CC)c(C)cc-3c(-c3ccccc3C(=O)OCC)c2cc1C.CCO.CCO.CN(C)c1ccc(/C=C/C=O)cc1.NN.O.[Cl-]. The molecule has 132 heavy (non-hydrogen) atoms. The molecule has 0 atom stereocenters. The van der Waals surface area contributed by atoms with Crippen LogP contribution < -0.4 is 86.1 Å². The largest absolute Gasteiger partial charge is 1.00 e. The van der Waals surface area contributed by atoms with Crippen LogP contribution in [-0.4, -0.2) is 143 Å². The maximum atomic E-state index is 14.3. The van der Waals surface area contributed by atoms with Gasteiger partial charge in [0.05, 0.1) is 18.2 Å². The Kier molecular flexibility index (Phi) is 37.6. The Morgan fingerprint density at radius 3 is 1.29 bits per heavy atom. The van der Waals surface area contributed by atoms with Crippen LogP contribution in [0.15, 0.2) is 216 Å². The molecule has 16 rings (SSSR count). The smallest absolute Gasteiger partial charge is 0.338 e. The van der Waals surface area contributed by atoms with E-state index in [9.17, 15) is 19.2 Å². The Morgan fingerprint density at radius 2 is 0.871 bits per heavy atom. The molecule has 0 radical (unpaired) electrons. The number of carbonyl (C=O) groups excluding carboxylic acids is 4. The summed E-state index contributed by atoms with van der Waals surface area (Å²) in [5, 5.41) is 42.2. The monoisotopic (exact) mass is 1810 g/mol. The Balaban J connectivity index is 0.000000221. The van der Waals surface area contributed by atoms with Crippen molar-refractivity contribution in [2.75, 3.05) is 124 Å². The van der Waals surface area contributed by atoms with E-state index in [2.05, 4.69) is 216 Å². The number of nitrogens with zero attached hydrogens (tertiary/aromatic N) is 5. The number of aliphatic hydroxyl groups excluding tert-OH is 2. The van der Waals surface area contributed by atoms with E-state index in [4.69, 9.17) is 39.8 Å². The van der Waals surface area contributed by atoms with Crippen LogP contribution in [0.5, 0.6) is 23.0 Å². The molecular formula is C106H129ClN14O11. The van der Waals surface area contributed by atoms with Crippen molar-refractivity contribution in [1.82, 2.24) is 10.0 Å². The fraction of sp³-hybridized carbons (Fsp3) is 0.283. The molecule has 16 N–H and O–H groups in total. The highest BCUT2D eigenvalue weighted by Crippen LogP contribution is 2.61. The molecule has 5 aliphatic heterocycles. The molecule has 25 nitrogen and oxygen atoms in total. The zero-order valence-electron chi connectivity index (χ0n) is 79.3.